The molecule has 1 atom stereocenters. The van der Waals surface area contributed by atoms with Gasteiger partial charge in [-0.25, -0.2) is 12.8 Å². The zero-order valence-corrected chi connectivity index (χ0v) is 25.4. The quantitative estimate of drug-likeness (QED) is 0.238. The van der Waals surface area contributed by atoms with Crippen LogP contribution < -0.4 is 9.62 Å². The summed E-state index contributed by atoms with van der Waals surface area (Å²) in [5.41, 5.74) is -1.26. The molecule has 0 radical (unpaired) electrons. The van der Waals surface area contributed by atoms with Gasteiger partial charge in [0.2, 0.25) is 11.8 Å². The van der Waals surface area contributed by atoms with Crippen LogP contribution >= 0.6 is 11.6 Å². The van der Waals surface area contributed by atoms with Crippen LogP contribution in [0.15, 0.2) is 77.7 Å². The van der Waals surface area contributed by atoms with E-state index in [1.807, 2.05) is 0 Å². The van der Waals surface area contributed by atoms with E-state index in [9.17, 15) is 35.6 Å². The van der Waals surface area contributed by atoms with E-state index < -0.39 is 57.7 Å². The minimum absolute atomic E-state index is 0.0711. The Hall–Kier alpha value is -3.64. The summed E-state index contributed by atoms with van der Waals surface area (Å²) in [5, 5.41) is 2.63. The molecule has 1 aliphatic rings. The highest BCUT2D eigenvalue weighted by Gasteiger charge is 2.37. The van der Waals surface area contributed by atoms with Gasteiger partial charge >= 0.3 is 6.18 Å². The lowest BCUT2D eigenvalue weighted by Gasteiger charge is -2.34. The van der Waals surface area contributed by atoms with Crippen molar-refractivity contribution in [3.8, 4) is 0 Å². The van der Waals surface area contributed by atoms with Gasteiger partial charge in [0.05, 0.1) is 21.2 Å². The zero-order valence-electron chi connectivity index (χ0n) is 23.9. The number of nitrogens with one attached hydrogen (secondary N) is 1. The molecule has 0 aliphatic heterocycles. The Kier molecular flexibility index (Phi) is 10.6. The molecule has 3 aromatic rings. The molecule has 0 spiro atoms. The average molecular weight is 654 g/mol. The third-order valence-corrected chi connectivity index (χ3v) is 9.60. The van der Waals surface area contributed by atoms with Gasteiger partial charge in [0.1, 0.15) is 18.4 Å². The molecule has 0 aromatic heterocycles. The maximum absolute atomic E-state index is 14.1. The van der Waals surface area contributed by atoms with E-state index in [0.29, 0.717) is 22.0 Å². The smallest absolute Gasteiger partial charge is 0.352 e. The second kappa shape index (κ2) is 14.0. The van der Waals surface area contributed by atoms with Gasteiger partial charge in [-0.15, -0.1) is 0 Å². The lowest BCUT2D eigenvalue weighted by Crippen LogP contribution is -2.53. The van der Waals surface area contributed by atoms with Gasteiger partial charge < -0.3 is 10.2 Å². The van der Waals surface area contributed by atoms with Gasteiger partial charge in [0.15, 0.2) is 0 Å². The maximum Gasteiger partial charge on any atom is 0.416 e. The predicted molar refractivity (Wildman–Crippen MR) is 159 cm³/mol. The molecule has 0 bridgehead atoms. The van der Waals surface area contributed by atoms with E-state index >= 15 is 0 Å². The summed E-state index contributed by atoms with van der Waals surface area (Å²) in [7, 11) is -4.63. The Balaban J connectivity index is 1.78. The maximum atomic E-state index is 14.1. The predicted octanol–water partition coefficient (Wildman–Crippen LogP) is 6.56. The van der Waals surface area contributed by atoms with E-state index in [1.165, 1.54) is 53.4 Å². The standard InChI is InChI=1S/C31H32ClF4N3O4S/c1-2-27(30(41)37-24-8-6-7-9-24)38(19-21-12-15-23(33)16-13-21)29(40)20-39(44(42,43)25-10-4-3-5-11-25)28-18-22(31(34,35)36)14-17-26(28)32/h3-5,10-18,24,27H,2,6-9,19-20H2,1H3,(H,37,41)/t27-/m1/s1. The van der Waals surface area contributed by atoms with Crippen molar-refractivity contribution in [1.82, 2.24) is 10.2 Å². The largest absolute Gasteiger partial charge is 0.416 e. The first-order valence-electron chi connectivity index (χ1n) is 14.1. The van der Waals surface area contributed by atoms with E-state index in [2.05, 4.69) is 5.32 Å². The van der Waals surface area contributed by atoms with Crippen LogP contribution in [0.4, 0.5) is 23.2 Å². The Bertz CT molecular complexity index is 1560. The lowest BCUT2D eigenvalue weighted by molar-refractivity contribution is -0.140. The van der Waals surface area contributed by atoms with Crippen LogP contribution in [0.2, 0.25) is 5.02 Å². The first-order valence-corrected chi connectivity index (χ1v) is 15.9. The minimum atomic E-state index is -4.83. The van der Waals surface area contributed by atoms with Gasteiger partial charge in [-0.2, -0.15) is 13.2 Å². The van der Waals surface area contributed by atoms with Gasteiger partial charge in [0.25, 0.3) is 10.0 Å². The zero-order chi connectivity index (χ0) is 32.1. The minimum Gasteiger partial charge on any atom is -0.352 e. The van der Waals surface area contributed by atoms with Gasteiger partial charge in [-0.05, 0) is 67.3 Å². The number of anilines is 1. The number of rotatable bonds is 11. The van der Waals surface area contributed by atoms with E-state index in [0.717, 1.165) is 31.7 Å². The molecule has 1 fully saturated rings. The van der Waals surface area contributed by atoms with Crippen molar-refractivity contribution >= 4 is 39.1 Å². The molecular formula is C31H32ClF4N3O4S. The first-order chi connectivity index (χ1) is 20.8. The normalized spacial score (nSPS) is 14.7. The van der Waals surface area contributed by atoms with Crippen LogP contribution in [-0.4, -0.2) is 43.8 Å². The van der Waals surface area contributed by atoms with Crippen LogP contribution in [-0.2, 0) is 32.3 Å². The monoisotopic (exact) mass is 653 g/mol. The van der Waals surface area contributed by atoms with Crippen molar-refractivity contribution in [2.45, 2.75) is 68.7 Å². The van der Waals surface area contributed by atoms with Crippen LogP contribution in [0, 0.1) is 5.82 Å². The summed E-state index contributed by atoms with van der Waals surface area (Å²) in [6.07, 6.45) is -1.21. The number of nitrogens with zero attached hydrogens (tertiary/aromatic N) is 2. The van der Waals surface area contributed by atoms with Gasteiger partial charge in [0, 0.05) is 12.6 Å². The highest BCUT2D eigenvalue weighted by Crippen LogP contribution is 2.37. The number of sulfonamides is 1. The summed E-state index contributed by atoms with van der Waals surface area (Å²) in [6, 6.07) is 13.2. The number of halogens is 5. The Morgan fingerprint density at radius 1 is 1.00 bits per heavy atom. The van der Waals surface area contributed by atoms with Crippen molar-refractivity contribution in [2.75, 3.05) is 10.8 Å². The van der Waals surface area contributed by atoms with Crippen LogP contribution in [0.5, 0.6) is 0 Å². The number of benzene rings is 3. The molecule has 236 valence electrons. The number of amides is 2. The molecule has 2 amide bonds. The molecule has 7 nitrogen and oxygen atoms in total. The topological polar surface area (TPSA) is 86.8 Å². The number of hydrogen-bond donors (Lipinski definition) is 1. The van der Waals surface area contributed by atoms with Gasteiger partial charge in [-0.3, -0.25) is 13.9 Å². The Morgan fingerprint density at radius 2 is 1.64 bits per heavy atom. The molecule has 13 heteroatoms. The second-order valence-corrected chi connectivity index (χ2v) is 12.8. The highest BCUT2D eigenvalue weighted by atomic mass is 35.5. The molecular weight excluding hydrogens is 622 g/mol. The van der Waals surface area contributed by atoms with Crippen molar-refractivity contribution < 1.29 is 35.6 Å². The second-order valence-electron chi connectivity index (χ2n) is 10.6. The molecule has 1 saturated carbocycles. The number of alkyl halides is 3. The van der Waals surface area contributed by atoms with E-state index in [4.69, 9.17) is 11.6 Å². The molecule has 1 aliphatic carbocycles. The third-order valence-electron chi connectivity index (χ3n) is 7.51. The third kappa shape index (κ3) is 7.89. The van der Waals surface area contributed by atoms with Crippen LogP contribution in [0.25, 0.3) is 0 Å². The fourth-order valence-corrected chi connectivity index (χ4v) is 6.90. The number of hydrogen-bond acceptors (Lipinski definition) is 4. The SMILES string of the molecule is CC[C@H](C(=O)NC1CCCC1)N(Cc1ccc(F)cc1)C(=O)CN(c1cc(C(F)(F)F)ccc1Cl)S(=O)(=O)c1ccccc1. The number of carbonyl (C=O) groups is 2. The molecule has 0 heterocycles. The summed E-state index contributed by atoms with van der Waals surface area (Å²) in [5.74, 6) is -1.82. The van der Waals surface area contributed by atoms with Crippen LogP contribution in [0.1, 0.15) is 50.2 Å². The average Bonchev–Trinajstić information content (AvgIpc) is 3.50. The fraction of sp³-hybridized carbons (Fsp3) is 0.355. The summed E-state index contributed by atoms with van der Waals surface area (Å²) in [6.45, 7) is 0.532. The molecule has 0 saturated heterocycles. The summed E-state index contributed by atoms with van der Waals surface area (Å²) >= 11 is 6.28. The summed E-state index contributed by atoms with van der Waals surface area (Å²) < 4.78 is 83.1. The molecule has 44 heavy (non-hydrogen) atoms. The Morgan fingerprint density at radius 3 is 2.23 bits per heavy atom. The molecule has 3 aromatic carbocycles. The lowest BCUT2D eigenvalue weighted by atomic mass is 10.1. The first kappa shape index (κ1) is 33.3. The van der Waals surface area contributed by atoms with Crippen molar-refractivity contribution in [1.29, 1.82) is 0 Å². The molecule has 1 N–H and O–H groups in total. The summed E-state index contributed by atoms with van der Waals surface area (Å²) in [4.78, 5) is 28.5. The Labute approximate surface area is 258 Å². The van der Waals surface area contributed by atoms with Crippen molar-refractivity contribution in [2.24, 2.45) is 0 Å². The molecule has 0 unspecified atom stereocenters. The van der Waals surface area contributed by atoms with Gasteiger partial charge in [-0.1, -0.05) is 61.7 Å². The molecule has 4 rings (SSSR count). The fourth-order valence-electron chi connectivity index (χ4n) is 5.19. The van der Waals surface area contributed by atoms with Crippen LogP contribution in [0.3, 0.4) is 0 Å². The van der Waals surface area contributed by atoms with E-state index in [1.54, 1.807) is 13.0 Å². The van der Waals surface area contributed by atoms with E-state index in [-0.39, 0.29) is 28.9 Å². The highest BCUT2D eigenvalue weighted by molar-refractivity contribution is 7.92. The van der Waals surface area contributed by atoms with Crippen molar-refractivity contribution in [3.63, 3.8) is 0 Å². The van der Waals surface area contributed by atoms with Crippen molar-refractivity contribution in [3.05, 3.63) is 94.8 Å². The number of carbonyl (C=O) groups excluding carboxylic acids is 2.